The van der Waals surface area contributed by atoms with Crippen LogP contribution in [0.15, 0.2) is 24.5 Å². The molecule has 1 atom stereocenters. The van der Waals surface area contributed by atoms with Gasteiger partial charge in [0, 0.05) is 11.6 Å². The van der Waals surface area contributed by atoms with Crippen LogP contribution in [0.1, 0.15) is 23.7 Å². The van der Waals surface area contributed by atoms with Crippen LogP contribution in [0.2, 0.25) is 0 Å². The first-order valence-electron chi connectivity index (χ1n) is 5.66. The van der Waals surface area contributed by atoms with E-state index in [0.717, 1.165) is 0 Å². The Labute approximate surface area is 107 Å². The van der Waals surface area contributed by atoms with Gasteiger partial charge >= 0.3 is 6.18 Å². The predicted molar refractivity (Wildman–Crippen MR) is 63.7 cm³/mol. The van der Waals surface area contributed by atoms with Crippen molar-refractivity contribution in [3.8, 4) is 0 Å². The lowest BCUT2D eigenvalue weighted by molar-refractivity contribution is -0.138. The van der Waals surface area contributed by atoms with E-state index in [1.807, 2.05) is 0 Å². The number of aromatic nitrogens is 2. The summed E-state index contributed by atoms with van der Waals surface area (Å²) in [5.74, 6) is -0.534. The third kappa shape index (κ3) is 3.46. The summed E-state index contributed by atoms with van der Waals surface area (Å²) in [5, 5.41) is 2.32. The number of alkyl halides is 3. The fourth-order valence-electron chi connectivity index (χ4n) is 1.78. The molecule has 0 aliphatic carbocycles. The van der Waals surface area contributed by atoms with Gasteiger partial charge in [-0.15, -0.1) is 0 Å². The summed E-state index contributed by atoms with van der Waals surface area (Å²) < 4.78 is 36.5. The van der Waals surface area contributed by atoms with Gasteiger partial charge in [0.25, 0.3) is 5.91 Å². The van der Waals surface area contributed by atoms with Crippen molar-refractivity contribution >= 4 is 16.9 Å². The fraction of sp³-hybridized carbons (Fsp3) is 0.333. The highest BCUT2D eigenvalue weighted by Gasteiger charge is 2.30. The Morgan fingerprint density at radius 3 is 2.89 bits per heavy atom. The molecule has 1 heterocycles. The first kappa shape index (κ1) is 13.4. The highest BCUT2D eigenvalue weighted by molar-refractivity contribution is 5.97. The summed E-state index contributed by atoms with van der Waals surface area (Å²) in [4.78, 5) is 18.6. The number of benzene rings is 1. The Morgan fingerprint density at radius 1 is 1.47 bits per heavy atom. The minimum absolute atomic E-state index is 0.297. The molecule has 19 heavy (non-hydrogen) atoms. The van der Waals surface area contributed by atoms with E-state index in [4.69, 9.17) is 0 Å². The molecule has 2 rings (SSSR count). The molecular weight excluding hydrogens is 259 g/mol. The Hall–Kier alpha value is -2.05. The van der Waals surface area contributed by atoms with Gasteiger partial charge in [0.2, 0.25) is 0 Å². The predicted octanol–water partition coefficient (Wildman–Crippen LogP) is 2.63. The molecule has 0 fully saturated rings. The van der Waals surface area contributed by atoms with Gasteiger partial charge in [-0.25, -0.2) is 4.98 Å². The quantitative estimate of drug-likeness (QED) is 0.901. The van der Waals surface area contributed by atoms with Crippen LogP contribution < -0.4 is 5.32 Å². The number of aromatic amines is 1. The van der Waals surface area contributed by atoms with Crippen molar-refractivity contribution < 1.29 is 18.0 Å². The summed E-state index contributed by atoms with van der Waals surface area (Å²) in [6.07, 6.45) is -3.86. The molecule has 0 saturated carbocycles. The topological polar surface area (TPSA) is 57.8 Å². The zero-order chi connectivity index (χ0) is 14.0. The van der Waals surface area contributed by atoms with E-state index >= 15 is 0 Å². The van der Waals surface area contributed by atoms with Crippen LogP contribution in [0.25, 0.3) is 11.0 Å². The first-order valence-corrected chi connectivity index (χ1v) is 5.66. The molecule has 1 unspecified atom stereocenters. The van der Waals surface area contributed by atoms with Crippen LogP contribution in [-0.2, 0) is 0 Å². The zero-order valence-corrected chi connectivity index (χ0v) is 10.1. The van der Waals surface area contributed by atoms with Crippen molar-refractivity contribution in [2.75, 3.05) is 0 Å². The smallest absolute Gasteiger partial charge is 0.349 e. The molecule has 0 aliphatic rings. The molecule has 1 aromatic heterocycles. The Bertz CT molecular complexity index is 591. The maximum atomic E-state index is 12.2. The monoisotopic (exact) mass is 271 g/mol. The summed E-state index contributed by atoms with van der Waals surface area (Å²) in [7, 11) is 0. The van der Waals surface area contributed by atoms with Crippen molar-refractivity contribution in [1.82, 2.24) is 15.3 Å². The first-order chi connectivity index (χ1) is 8.85. The number of hydrogen-bond acceptors (Lipinski definition) is 2. The van der Waals surface area contributed by atoms with Gasteiger partial charge in [-0.2, -0.15) is 13.2 Å². The number of nitrogens with one attached hydrogen (secondary N) is 2. The molecule has 4 nitrogen and oxygen atoms in total. The molecule has 0 aliphatic heterocycles. The lowest BCUT2D eigenvalue weighted by Gasteiger charge is -2.15. The van der Waals surface area contributed by atoms with Crippen molar-refractivity contribution in [1.29, 1.82) is 0 Å². The number of fused-ring (bicyclic) bond motifs is 1. The lowest BCUT2D eigenvalue weighted by Crippen LogP contribution is -2.35. The number of hydrogen-bond donors (Lipinski definition) is 2. The second-order valence-electron chi connectivity index (χ2n) is 4.33. The SMILES string of the molecule is CC(CC(F)(F)F)NC(=O)c1ccc2nc[nH]c2c1. The summed E-state index contributed by atoms with van der Waals surface area (Å²) in [6.45, 7) is 1.32. The Balaban J connectivity index is 2.07. The molecule has 1 amide bonds. The minimum Gasteiger partial charge on any atom is -0.349 e. The van der Waals surface area contributed by atoms with E-state index in [0.29, 0.717) is 16.6 Å². The highest BCUT2D eigenvalue weighted by atomic mass is 19.4. The van der Waals surface area contributed by atoms with E-state index in [1.165, 1.54) is 19.3 Å². The molecule has 0 radical (unpaired) electrons. The van der Waals surface area contributed by atoms with E-state index < -0.39 is 24.5 Å². The van der Waals surface area contributed by atoms with Gasteiger partial charge in [0.15, 0.2) is 0 Å². The lowest BCUT2D eigenvalue weighted by atomic mass is 10.1. The Morgan fingerprint density at radius 2 is 2.21 bits per heavy atom. The molecule has 2 N–H and O–H groups in total. The molecular formula is C12H12F3N3O. The average molecular weight is 271 g/mol. The normalized spacial score (nSPS) is 13.5. The molecule has 0 spiro atoms. The second kappa shape index (κ2) is 4.91. The van der Waals surface area contributed by atoms with Crippen LogP contribution in [0.4, 0.5) is 13.2 Å². The third-order valence-corrected chi connectivity index (χ3v) is 2.60. The number of imidazole rings is 1. The molecule has 1 aromatic carbocycles. The number of rotatable bonds is 3. The van der Waals surface area contributed by atoms with E-state index in [-0.39, 0.29) is 0 Å². The zero-order valence-electron chi connectivity index (χ0n) is 10.1. The van der Waals surface area contributed by atoms with Crippen LogP contribution in [0, 0.1) is 0 Å². The van der Waals surface area contributed by atoms with Crippen molar-refractivity contribution in [2.45, 2.75) is 25.6 Å². The number of carbonyl (C=O) groups is 1. The van der Waals surface area contributed by atoms with Gasteiger partial charge in [0.05, 0.1) is 23.8 Å². The van der Waals surface area contributed by atoms with Gasteiger partial charge < -0.3 is 10.3 Å². The number of halogens is 3. The number of amides is 1. The largest absolute Gasteiger partial charge is 0.391 e. The van der Waals surface area contributed by atoms with Crippen LogP contribution in [-0.4, -0.2) is 28.1 Å². The summed E-state index contributed by atoms with van der Waals surface area (Å²) >= 11 is 0. The highest BCUT2D eigenvalue weighted by Crippen LogP contribution is 2.21. The minimum atomic E-state index is -4.29. The van der Waals surface area contributed by atoms with Gasteiger partial charge in [-0.05, 0) is 25.1 Å². The fourth-order valence-corrected chi connectivity index (χ4v) is 1.78. The van der Waals surface area contributed by atoms with E-state index in [9.17, 15) is 18.0 Å². The number of carbonyl (C=O) groups excluding carboxylic acids is 1. The van der Waals surface area contributed by atoms with Crippen LogP contribution >= 0.6 is 0 Å². The van der Waals surface area contributed by atoms with Crippen molar-refractivity contribution in [2.24, 2.45) is 0 Å². The molecule has 0 bridgehead atoms. The van der Waals surface area contributed by atoms with Crippen molar-refractivity contribution in [3.05, 3.63) is 30.1 Å². The van der Waals surface area contributed by atoms with E-state index in [1.54, 1.807) is 12.1 Å². The van der Waals surface area contributed by atoms with Crippen LogP contribution in [0.5, 0.6) is 0 Å². The molecule has 7 heteroatoms. The van der Waals surface area contributed by atoms with Gasteiger partial charge in [-0.1, -0.05) is 0 Å². The molecule has 2 aromatic rings. The van der Waals surface area contributed by atoms with E-state index in [2.05, 4.69) is 15.3 Å². The molecule has 102 valence electrons. The average Bonchev–Trinajstić information content (AvgIpc) is 2.72. The maximum Gasteiger partial charge on any atom is 0.391 e. The number of H-pyrrole nitrogens is 1. The van der Waals surface area contributed by atoms with Gasteiger partial charge in [-0.3, -0.25) is 4.79 Å². The Kier molecular flexibility index (Phi) is 3.46. The second-order valence-corrected chi connectivity index (χ2v) is 4.33. The maximum absolute atomic E-state index is 12.2. The molecule has 0 saturated heterocycles. The van der Waals surface area contributed by atoms with Crippen LogP contribution in [0.3, 0.4) is 0 Å². The summed E-state index contributed by atoms with van der Waals surface area (Å²) in [6, 6.07) is 3.75. The van der Waals surface area contributed by atoms with Gasteiger partial charge in [0.1, 0.15) is 0 Å². The summed E-state index contributed by atoms with van der Waals surface area (Å²) in [5.41, 5.74) is 1.65. The van der Waals surface area contributed by atoms with Crippen molar-refractivity contribution in [3.63, 3.8) is 0 Å². The standard InChI is InChI=1S/C12H12F3N3O/c1-7(5-12(13,14)15)18-11(19)8-2-3-9-10(4-8)17-6-16-9/h2-4,6-7H,5H2,1H3,(H,16,17)(H,18,19). The number of nitrogens with zero attached hydrogens (tertiary/aromatic N) is 1. The third-order valence-electron chi connectivity index (χ3n) is 2.60.